The van der Waals surface area contributed by atoms with Gasteiger partial charge >= 0.3 is 0 Å². The fraction of sp³-hybridized carbons (Fsp3) is 0.706. The molecular weight excluding hydrogens is 262 g/mol. The zero-order valence-corrected chi connectivity index (χ0v) is 13.9. The molecule has 4 heteroatoms. The van der Waals surface area contributed by atoms with Crippen LogP contribution < -0.4 is 10.1 Å². The van der Waals surface area contributed by atoms with E-state index >= 15 is 0 Å². The van der Waals surface area contributed by atoms with Gasteiger partial charge in [-0.05, 0) is 45.3 Å². The van der Waals surface area contributed by atoms with E-state index in [9.17, 15) is 0 Å². The number of likely N-dealkylation sites (tertiary alicyclic amines) is 1. The van der Waals surface area contributed by atoms with Crippen molar-refractivity contribution in [2.75, 3.05) is 20.2 Å². The minimum absolute atomic E-state index is 0.490. The van der Waals surface area contributed by atoms with E-state index in [2.05, 4.69) is 49.1 Å². The third kappa shape index (κ3) is 4.97. The van der Waals surface area contributed by atoms with Crippen molar-refractivity contribution in [2.24, 2.45) is 0 Å². The Kier molecular flexibility index (Phi) is 6.00. The molecule has 0 aromatic carbocycles. The molecule has 0 radical (unpaired) electrons. The Balaban J connectivity index is 1.79. The molecule has 1 fully saturated rings. The molecule has 1 saturated heterocycles. The highest BCUT2D eigenvalue weighted by molar-refractivity contribution is 5.24. The van der Waals surface area contributed by atoms with Crippen LogP contribution in [-0.4, -0.2) is 42.2 Å². The van der Waals surface area contributed by atoms with E-state index in [-0.39, 0.29) is 0 Å². The molecule has 1 aromatic heterocycles. The first-order chi connectivity index (χ1) is 10.1. The van der Waals surface area contributed by atoms with Crippen molar-refractivity contribution in [3.05, 3.63) is 23.4 Å². The second-order valence-corrected chi connectivity index (χ2v) is 6.34. The number of aromatic nitrogens is 1. The van der Waals surface area contributed by atoms with E-state index < -0.39 is 0 Å². The van der Waals surface area contributed by atoms with E-state index in [0.29, 0.717) is 12.1 Å². The normalized spacial score (nSPS) is 19.4. The van der Waals surface area contributed by atoms with Crippen LogP contribution >= 0.6 is 0 Å². The number of nitrogens with zero attached hydrogens (tertiary/aromatic N) is 2. The SMILES string of the molecule is Cc1nc(OCCC2CCCN2C)ccc1CNC(C)C. The molecule has 4 nitrogen and oxygen atoms in total. The van der Waals surface area contributed by atoms with Crippen molar-refractivity contribution in [1.29, 1.82) is 0 Å². The fourth-order valence-electron chi connectivity index (χ4n) is 2.79. The Morgan fingerprint density at radius 1 is 1.43 bits per heavy atom. The monoisotopic (exact) mass is 291 g/mol. The van der Waals surface area contributed by atoms with Gasteiger partial charge in [-0.15, -0.1) is 0 Å². The molecule has 0 aliphatic carbocycles. The van der Waals surface area contributed by atoms with Crippen LogP contribution in [-0.2, 0) is 6.54 Å². The Morgan fingerprint density at radius 3 is 2.86 bits per heavy atom. The van der Waals surface area contributed by atoms with E-state index in [1.54, 1.807) is 0 Å². The lowest BCUT2D eigenvalue weighted by atomic mass is 10.1. The van der Waals surface area contributed by atoms with Crippen LogP contribution in [0.1, 0.15) is 44.4 Å². The van der Waals surface area contributed by atoms with Gasteiger partial charge in [-0.3, -0.25) is 0 Å². The van der Waals surface area contributed by atoms with E-state index in [1.165, 1.54) is 24.9 Å². The molecule has 1 aliphatic heterocycles. The van der Waals surface area contributed by atoms with Crippen molar-refractivity contribution >= 4 is 0 Å². The van der Waals surface area contributed by atoms with Crippen LogP contribution in [0, 0.1) is 6.92 Å². The Hall–Kier alpha value is -1.13. The summed E-state index contributed by atoms with van der Waals surface area (Å²) in [5, 5.41) is 3.42. The van der Waals surface area contributed by atoms with Gasteiger partial charge in [0.25, 0.3) is 0 Å². The molecule has 1 aliphatic rings. The van der Waals surface area contributed by atoms with Gasteiger partial charge in [0.05, 0.1) is 6.61 Å². The Morgan fingerprint density at radius 2 is 2.24 bits per heavy atom. The maximum atomic E-state index is 5.82. The number of ether oxygens (including phenoxy) is 1. The van der Waals surface area contributed by atoms with Gasteiger partial charge in [-0.2, -0.15) is 0 Å². The molecule has 1 N–H and O–H groups in total. The van der Waals surface area contributed by atoms with Crippen molar-refractivity contribution in [1.82, 2.24) is 15.2 Å². The molecule has 118 valence electrons. The summed E-state index contributed by atoms with van der Waals surface area (Å²) in [6.45, 7) is 9.20. The van der Waals surface area contributed by atoms with Crippen LogP contribution in [0.2, 0.25) is 0 Å². The average molecular weight is 291 g/mol. The molecule has 1 unspecified atom stereocenters. The van der Waals surface area contributed by atoms with Gasteiger partial charge in [0, 0.05) is 30.4 Å². The van der Waals surface area contributed by atoms with Gasteiger partial charge in [-0.25, -0.2) is 4.98 Å². The summed E-state index contributed by atoms with van der Waals surface area (Å²) in [6, 6.07) is 5.28. The summed E-state index contributed by atoms with van der Waals surface area (Å²) in [5.41, 5.74) is 2.30. The third-order valence-electron chi connectivity index (χ3n) is 4.24. The summed E-state index contributed by atoms with van der Waals surface area (Å²) < 4.78 is 5.82. The lowest BCUT2D eigenvalue weighted by molar-refractivity contribution is 0.228. The zero-order valence-electron chi connectivity index (χ0n) is 13.9. The molecular formula is C17H29N3O. The van der Waals surface area contributed by atoms with Gasteiger partial charge in [0.2, 0.25) is 5.88 Å². The minimum atomic E-state index is 0.490. The minimum Gasteiger partial charge on any atom is -0.478 e. The molecule has 0 saturated carbocycles. The number of rotatable bonds is 7. The highest BCUT2D eigenvalue weighted by Gasteiger charge is 2.20. The summed E-state index contributed by atoms with van der Waals surface area (Å²) in [6.07, 6.45) is 3.70. The lowest BCUT2D eigenvalue weighted by Gasteiger charge is -2.19. The number of hydrogen-bond donors (Lipinski definition) is 1. The predicted octanol–water partition coefficient (Wildman–Crippen LogP) is 2.75. The van der Waals surface area contributed by atoms with Crippen LogP contribution in [0.25, 0.3) is 0 Å². The van der Waals surface area contributed by atoms with Crippen LogP contribution in [0.5, 0.6) is 5.88 Å². The topological polar surface area (TPSA) is 37.4 Å². The number of pyridine rings is 1. The Bertz CT molecular complexity index is 448. The molecule has 0 spiro atoms. The van der Waals surface area contributed by atoms with Crippen molar-refractivity contribution < 1.29 is 4.74 Å². The number of hydrogen-bond acceptors (Lipinski definition) is 4. The molecule has 2 rings (SSSR count). The van der Waals surface area contributed by atoms with E-state index in [1.807, 2.05) is 6.07 Å². The molecule has 2 heterocycles. The largest absolute Gasteiger partial charge is 0.478 e. The summed E-state index contributed by atoms with van der Waals surface area (Å²) in [7, 11) is 2.20. The van der Waals surface area contributed by atoms with Gasteiger partial charge in [0.15, 0.2) is 0 Å². The molecule has 0 bridgehead atoms. The quantitative estimate of drug-likeness (QED) is 0.838. The second kappa shape index (κ2) is 7.76. The standard InChI is InChI=1S/C17H29N3O/c1-13(2)18-12-15-7-8-17(19-14(15)3)21-11-9-16-6-5-10-20(16)4/h7-8,13,16,18H,5-6,9-12H2,1-4H3. The van der Waals surface area contributed by atoms with Crippen LogP contribution in [0.15, 0.2) is 12.1 Å². The van der Waals surface area contributed by atoms with Gasteiger partial charge in [0.1, 0.15) is 0 Å². The average Bonchev–Trinajstić information content (AvgIpc) is 2.83. The van der Waals surface area contributed by atoms with Crippen molar-refractivity contribution in [3.63, 3.8) is 0 Å². The molecule has 21 heavy (non-hydrogen) atoms. The van der Waals surface area contributed by atoms with Crippen LogP contribution in [0.3, 0.4) is 0 Å². The Labute approximate surface area is 128 Å². The smallest absolute Gasteiger partial charge is 0.213 e. The van der Waals surface area contributed by atoms with Crippen LogP contribution in [0.4, 0.5) is 0 Å². The number of aryl methyl sites for hydroxylation is 1. The zero-order chi connectivity index (χ0) is 15.2. The van der Waals surface area contributed by atoms with Crippen molar-refractivity contribution in [2.45, 2.75) is 58.7 Å². The molecule has 0 amide bonds. The van der Waals surface area contributed by atoms with E-state index in [4.69, 9.17) is 4.74 Å². The third-order valence-corrected chi connectivity index (χ3v) is 4.24. The summed E-state index contributed by atoms with van der Waals surface area (Å²) in [5.74, 6) is 0.751. The second-order valence-electron chi connectivity index (χ2n) is 6.34. The molecule has 1 aromatic rings. The van der Waals surface area contributed by atoms with E-state index in [0.717, 1.165) is 31.1 Å². The first kappa shape index (κ1) is 16.2. The lowest BCUT2D eigenvalue weighted by Crippen LogP contribution is -2.26. The van der Waals surface area contributed by atoms with Gasteiger partial charge in [-0.1, -0.05) is 19.9 Å². The highest BCUT2D eigenvalue weighted by atomic mass is 16.5. The maximum absolute atomic E-state index is 5.82. The fourth-order valence-corrected chi connectivity index (χ4v) is 2.79. The maximum Gasteiger partial charge on any atom is 0.213 e. The first-order valence-electron chi connectivity index (χ1n) is 8.09. The van der Waals surface area contributed by atoms with Gasteiger partial charge < -0.3 is 15.0 Å². The molecule has 1 atom stereocenters. The summed E-state index contributed by atoms with van der Waals surface area (Å²) in [4.78, 5) is 6.99. The highest BCUT2D eigenvalue weighted by Crippen LogP contribution is 2.18. The van der Waals surface area contributed by atoms with Crippen molar-refractivity contribution in [3.8, 4) is 5.88 Å². The predicted molar refractivity (Wildman–Crippen MR) is 86.7 cm³/mol. The summed E-state index contributed by atoms with van der Waals surface area (Å²) >= 11 is 0. The first-order valence-corrected chi connectivity index (χ1v) is 8.09. The number of nitrogens with one attached hydrogen (secondary N) is 1.